The van der Waals surface area contributed by atoms with Crippen LogP contribution in [0.3, 0.4) is 0 Å². The van der Waals surface area contributed by atoms with Crippen molar-refractivity contribution in [2.45, 2.75) is 0 Å². The van der Waals surface area contributed by atoms with Crippen molar-refractivity contribution < 1.29 is 25.6 Å². The van der Waals surface area contributed by atoms with Crippen LogP contribution in [-0.4, -0.2) is 26.8 Å². The fourth-order valence-corrected chi connectivity index (χ4v) is 1.07. The third-order valence-corrected chi connectivity index (χ3v) is 1.93. The van der Waals surface area contributed by atoms with Gasteiger partial charge in [0.15, 0.2) is 0 Å². The molecule has 0 aliphatic heterocycles. The van der Waals surface area contributed by atoms with E-state index < -0.39 is 11.7 Å². The van der Waals surface area contributed by atoms with Gasteiger partial charge in [-0.15, -0.1) is 0 Å². The van der Waals surface area contributed by atoms with Crippen LogP contribution in [0.2, 0.25) is 0 Å². The van der Waals surface area contributed by atoms with Crippen molar-refractivity contribution in [3.63, 3.8) is 0 Å². The van der Waals surface area contributed by atoms with E-state index in [2.05, 4.69) is 15.9 Å². The second-order valence-electron chi connectivity index (χ2n) is 2.13. The molecule has 0 saturated carbocycles. The summed E-state index contributed by atoms with van der Waals surface area (Å²) >= 11 is 2.92. The first kappa shape index (κ1) is 11.7. The summed E-state index contributed by atoms with van der Waals surface area (Å²) in [6, 6.07) is 2.10. The molecule has 72 valence electrons. The SMILES string of the molecule is O.O=C(O)c1cc(Br)c(O)cc1O. The van der Waals surface area contributed by atoms with E-state index in [0.717, 1.165) is 12.1 Å². The van der Waals surface area contributed by atoms with Gasteiger partial charge in [0, 0.05) is 6.07 Å². The zero-order valence-corrected chi connectivity index (χ0v) is 7.87. The summed E-state index contributed by atoms with van der Waals surface area (Å²) < 4.78 is 0.234. The Labute approximate surface area is 81.7 Å². The van der Waals surface area contributed by atoms with Gasteiger partial charge in [-0.2, -0.15) is 0 Å². The molecule has 0 atom stereocenters. The molecule has 0 aliphatic rings. The third kappa shape index (κ3) is 2.33. The fourth-order valence-electron chi connectivity index (χ4n) is 0.722. The number of phenols is 2. The summed E-state index contributed by atoms with van der Waals surface area (Å²) in [5.41, 5.74) is -0.250. The van der Waals surface area contributed by atoms with Crippen molar-refractivity contribution in [1.29, 1.82) is 0 Å². The Balaban J connectivity index is 0.00000144. The Morgan fingerprint density at radius 2 is 1.77 bits per heavy atom. The van der Waals surface area contributed by atoms with Crippen LogP contribution in [0.15, 0.2) is 16.6 Å². The van der Waals surface area contributed by atoms with Gasteiger partial charge in [0.1, 0.15) is 17.1 Å². The number of aromatic carboxylic acids is 1. The van der Waals surface area contributed by atoms with E-state index in [1.165, 1.54) is 0 Å². The molecule has 6 heteroatoms. The Morgan fingerprint density at radius 3 is 2.23 bits per heavy atom. The second-order valence-corrected chi connectivity index (χ2v) is 2.98. The minimum atomic E-state index is -1.24. The number of halogens is 1. The van der Waals surface area contributed by atoms with E-state index in [1.54, 1.807) is 0 Å². The summed E-state index contributed by atoms with van der Waals surface area (Å²) in [5, 5.41) is 26.5. The molecule has 1 rings (SSSR count). The normalized spacial score (nSPS) is 9.00. The standard InChI is InChI=1S/C7H5BrO4.H2O/c8-4-1-3(7(11)12)5(9)2-6(4)10;/h1-2,9-10H,(H,11,12);1H2. The van der Waals surface area contributed by atoms with Gasteiger partial charge in [-0.05, 0) is 22.0 Å². The zero-order chi connectivity index (χ0) is 9.30. The predicted molar refractivity (Wildman–Crippen MR) is 48.0 cm³/mol. The quantitative estimate of drug-likeness (QED) is 0.683. The lowest BCUT2D eigenvalue weighted by Crippen LogP contribution is -1.96. The van der Waals surface area contributed by atoms with Crippen molar-refractivity contribution in [2.75, 3.05) is 0 Å². The molecule has 1 aromatic rings. The first-order chi connectivity index (χ1) is 5.52. The third-order valence-electron chi connectivity index (χ3n) is 1.30. The molecule has 5 nitrogen and oxygen atoms in total. The van der Waals surface area contributed by atoms with E-state index in [9.17, 15) is 4.79 Å². The maximum Gasteiger partial charge on any atom is 0.339 e. The number of carboxylic acids is 1. The predicted octanol–water partition coefficient (Wildman–Crippen LogP) is 0.734. The summed E-state index contributed by atoms with van der Waals surface area (Å²) in [6.07, 6.45) is 0. The molecule has 0 aliphatic carbocycles. The highest BCUT2D eigenvalue weighted by Gasteiger charge is 2.12. The topological polar surface area (TPSA) is 109 Å². The Kier molecular flexibility index (Phi) is 3.70. The van der Waals surface area contributed by atoms with Gasteiger partial charge >= 0.3 is 5.97 Å². The molecule has 0 spiro atoms. The number of rotatable bonds is 1. The molecule has 0 saturated heterocycles. The van der Waals surface area contributed by atoms with E-state index in [-0.39, 0.29) is 21.3 Å². The van der Waals surface area contributed by atoms with E-state index in [4.69, 9.17) is 15.3 Å². The van der Waals surface area contributed by atoms with Gasteiger partial charge in [-0.3, -0.25) is 0 Å². The highest BCUT2D eigenvalue weighted by molar-refractivity contribution is 9.10. The van der Waals surface area contributed by atoms with Crippen molar-refractivity contribution in [2.24, 2.45) is 0 Å². The van der Waals surface area contributed by atoms with Crippen LogP contribution >= 0.6 is 15.9 Å². The van der Waals surface area contributed by atoms with Crippen molar-refractivity contribution in [3.8, 4) is 11.5 Å². The lowest BCUT2D eigenvalue weighted by molar-refractivity contribution is 0.0693. The molecular weight excluding hydrogens is 244 g/mol. The molecule has 0 radical (unpaired) electrons. The van der Waals surface area contributed by atoms with Crippen LogP contribution < -0.4 is 0 Å². The summed E-state index contributed by atoms with van der Waals surface area (Å²) in [4.78, 5) is 10.4. The van der Waals surface area contributed by atoms with Crippen molar-refractivity contribution >= 4 is 21.9 Å². The van der Waals surface area contributed by atoms with Crippen LogP contribution in [0.25, 0.3) is 0 Å². The summed E-state index contributed by atoms with van der Waals surface area (Å²) in [7, 11) is 0. The van der Waals surface area contributed by atoms with Gasteiger partial charge in [-0.1, -0.05) is 0 Å². The minimum Gasteiger partial charge on any atom is -0.507 e. The molecule has 1 aromatic carbocycles. The van der Waals surface area contributed by atoms with Crippen molar-refractivity contribution in [3.05, 3.63) is 22.2 Å². The Hall–Kier alpha value is -1.27. The van der Waals surface area contributed by atoms with Gasteiger partial charge in [-0.25, -0.2) is 4.79 Å². The van der Waals surface area contributed by atoms with Crippen LogP contribution in [0, 0.1) is 0 Å². The van der Waals surface area contributed by atoms with Gasteiger partial charge in [0.25, 0.3) is 0 Å². The van der Waals surface area contributed by atoms with Crippen LogP contribution in [0.4, 0.5) is 0 Å². The van der Waals surface area contributed by atoms with E-state index in [0.29, 0.717) is 0 Å². The van der Waals surface area contributed by atoms with Gasteiger partial charge in [0.05, 0.1) is 4.47 Å². The molecule has 0 fully saturated rings. The van der Waals surface area contributed by atoms with Crippen LogP contribution in [-0.2, 0) is 0 Å². The largest absolute Gasteiger partial charge is 0.507 e. The number of carboxylic acid groups (broad SMARTS) is 1. The number of hydrogen-bond donors (Lipinski definition) is 3. The number of benzene rings is 1. The fraction of sp³-hybridized carbons (Fsp3) is 0. The maximum atomic E-state index is 10.4. The maximum absolute atomic E-state index is 10.4. The molecular formula is C7H7BrO5. The number of phenolic OH excluding ortho intramolecular Hbond substituents is 1. The van der Waals surface area contributed by atoms with Crippen molar-refractivity contribution in [1.82, 2.24) is 0 Å². The lowest BCUT2D eigenvalue weighted by Gasteiger charge is -2.01. The highest BCUT2D eigenvalue weighted by atomic mass is 79.9. The number of carbonyl (C=O) groups is 1. The molecule has 13 heavy (non-hydrogen) atoms. The molecule has 0 heterocycles. The first-order valence-electron chi connectivity index (χ1n) is 2.97. The van der Waals surface area contributed by atoms with Gasteiger partial charge < -0.3 is 20.8 Å². The van der Waals surface area contributed by atoms with Crippen LogP contribution in [0.1, 0.15) is 10.4 Å². The second kappa shape index (κ2) is 4.11. The monoisotopic (exact) mass is 250 g/mol. The minimum absolute atomic E-state index is 0. The van der Waals surface area contributed by atoms with E-state index in [1.807, 2.05) is 0 Å². The number of aromatic hydroxyl groups is 2. The molecule has 0 bridgehead atoms. The Bertz CT molecular complexity index is 336. The molecule has 5 N–H and O–H groups in total. The summed E-state index contributed by atoms with van der Waals surface area (Å²) in [6.45, 7) is 0. The molecule has 0 unspecified atom stereocenters. The average molecular weight is 251 g/mol. The summed E-state index contributed by atoms with van der Waals surface area (Å²) in [5.74, 6) is -1.89. The molecule has 0 aromatic heterocycles. The van der Waals surface area contributed by atoms with Gasteiger partial charge in [0.2, 0.25) is 0 Å². The highest BCUT2D eigenvalue weighted by Crippen LogP contribution is 2.30. The smallest absolute Gasteiger partial charge is 0.339 e. The Morgan fingerprint density at radius 1 is 1.23 bits per heavy atom. The number of hydrogen-bond acceptors (Lipinski definition) is 3. The van der Waals surface area contributed by atoms with E-state index >= 15 is 0 Å². The first-order valence-corrected chi connectivity index (χ1v) is 3.76. The lowest BCUT2D eigenvalue weighted by atomic mass is 10.2. The zero-order valence-electron chi connectivity index (χ0n) is 6.28. The van der Waals surface area contributed by atoms with Crippen LogP contribution in [0.5, 0.6) is 11.5 Å². The average Bonchev–Trinajstić information content (AvgIpc) is 1.96. The molecule has 0 amide bonds.